The van der Waals surface area contributed by atoms with Crippen molar-refractivity contribution >= 4 is 32.6 Å². The summed E-state index contributed by atoms with van der Waals surface area (Å²) in [5, 5.41) is 0. The largest absolute Gasteiger partial charge is 0.243 e. The first-order chi connectivity index (χ1) is 7.48. The average Bonchev–Trinajstić information content (AvgIpc) is 2.90. The van der Waals surface area contributed by atoms with Crippen LogP contribution in [0.25, 0.3) is 0 Å². The molecular formula is C11H14INO2S. The Morgan fingerprint density at radius 2 is 1.88 bits per heavy atom. The van der Waals surface area contributed by atoms with Crippen molar-refractivity contribution in [2.75, 3.05) is 4.43 Å². The van der Waals surface area contributed by atoms with Crippen LogP contribution in [0.15, 0.2) is 29.2 Å². The van der Waals surface area contributed by atoms with Crippen LogP contribution in [0.2, 0.25) is 0 Å². The molecule has 0 amide bonds. The van der Waals surface area contributed by atoms with Crippen LogP contribution in [0, 0.1) is 6.92 Å². The van der Waals surface area contributed by atoms with Crippen LogP contribution in [0.3, 0.4) is 0 Å². The topological polar surface area (TPSA) is 37.1 Å². The Kier molecular flexibility index (Phi) is 3.29. The summed E-state index contributed by atoms with van der Waals surface area (Å²) in [7, 11) is -3.26. The highest BCUT2D eigenvalue weighted by atomic mass is 127. The lowest BCUT2D eigenvalue weighted by Gasteiger charge is -2.06. The van der Waals surface area contributed by atoms with Crippen LogP contribution in [0.5, 0.6) is 0 Å². The third kappa shape index (κ3) is 2.00. The molecular weight excluding hydrogens is 337 g/mol. The van der Waals surface area contributed by atoms with E-state index in [9.17, 15) is 8.42 Å². The number of halogens is 1. The highest BCUT2D eigenvalue weighted by molar-refractivity contribution is 14.1. The van der Waals surface area contributed by atoms with Gasteiger partial charge in [-0.25, -0.2) is 8.42 Å². The minimum absolute atomic E-state index is 0.142. The maximum Gasteiger partial charge on any atom is 0.243 e. The van der Waals surface area contributed by atoms with Gasteiger partial charge in [-0.05, 0) is 26.0 Å². The third-order valence-corrected chi connectivity index (χ3v) is 5.88. The van der Waals surface area contributed by atoms with E-state index < -0.39 is 10.0 Å². The molecule has 0 N–H and O–H groups in total. The van der Waals surface area contributed by atoms with Crippen LogP contribution in [-0.2, 0) is 10.0 Å². The van der Waals surface area contributed by atoms with Crippen LogP contribution in [0.4, 0.5) is 0 Å². The van der Waals surface area contributed by atoms with Gasteiger partial charge in [0.15, 0.2) is 0 Å². The van der Waals surface area contributed by atoms with Gasteiger partial charge < -0.3 is 0 Å². The van der Waals surface area contributed by atoms with Crippen LogP contribution in [-0.4, -0.2) is 29.2 Å². The predicted octanol–water partition coefficient (Wildman–Crippen LogP) is 2.19. The summed E-state index contributed by atoms with van der Waals surface area (Å²) in [6.07, 6.45) is 0. The summed E-state index contributed by atoms with van der Waals surface area (Å²) in [4.78, 5) is 0.400. The molecule has 0 saturated carbocycles. The quantitative estimate of drug-likeness (QED) is 0.476. The second-order valence-corrected chi connectivity index (χ2v) is 6.83. The van der Waals surface area contributed by atoms with Gasteiger partial charge in [0.25, 0.3) is 0 Å². The van der Waals surface area contributed by atoms with Crippen LogP contribution < -0.4 is 0 Å². The number of sulfonamides is 1. The van der Waals surface area contributed by atoms with Gasteiger partial charge in [-0.1, -0.05) is 40.3 Å². The summed E-state index contributed by atoms with van der Waals surface area (Å²) in [6.45, 7) is 3.90. The van der Waals surface area contributed by atoms with Gasteiger partial charge in [-0.3, -0.25) is 0 Å². The van der Waals surface area contributed by atoms with Crippen LogP contribution >= 0.6 is 22.6 Å². The Bertz CT molecular complexity index is 483. The van der Waals surface area contributed by atoms with E-state index in [1.807, 2.05) is 26.0 Å². The first-order valence-corrected chi connectivity index (χ1v) is 8.11. The molecule has 0 aliphatic carbocycles. The molecule has 88 valence electrons. The van der Waals surface area contributed by atoms with Gasteiger partial charge in [-0.2, -0.15) is 4.31 Å². The zero-order chi connectivity index (χ0) is 11.9. The minimum Gasteiger partial charge on any atom is -0.207 e. The molecule has 1 aromatic rings. The molecule has 0 aromatic heterocycles. The Labute approximate surface area is 110 Å². The van der Waals surface area contributed by atoms with Crippen molar-refractivity contribution in [3.05, 3.63) is 29.8 Å². The molecule has 3 nitrogen and oxygen atoms in total. The second kappa shape index (κ2) is 4.27. The van der Waals surface area contributed by atoms with Crippen LogP contribution in [0.1, 0.15) is 12.5 Å². The maximum absolute atomic E-state index is 12.2. The smallest absolute Gasteiger partial charge is 0.207 e. The molecule has 1 fully saturated rings. The zero-order valence-corrected chi connectivity index (χ0v) is 12.2. The lowest BCUT2D eigenvalue weighted by atomic mass is 10.2. The molecule has 0 bridgehead atoms. The third-order valence-electron chi connectivity index (χ3n) is 2.95. The highest BCUT2D eigenvalue weighted by Crippen LogP contribution is 2.36. The number of hydrogen-bond acceptors (Lipinski definition) is 2. The lowest BCUT2D eigenvalue weighted by Crippen LogP contribution is -2.15. The normalized spacial score (nSPS) is 29.1. The molecule has 5 heteroatoms. The van der Waals surface area contributed by atoms with Gasteiger partial charge in [0, 0.05) is 10.5 Å². The standard InChI is InChI=1S/C11H14INO2S/c1-8-3-5-10(6-4-8)16(14,15)13-9(2)11(13)7-12/h3-6,9,11H,7H2,1-2H3/t9-,11+,13?/m0/s1. The summed E-state index contributed by atoms with van der Waals surface area (Å²) in [5.41, 5.74) is 1.07. The number of rotatable bonds is 3. The summed E-state index contributed by atoms with van der Waals surface area (Å²) < 4.78 is 26.9. The monoisotopic (exact) mass is 351 g/mol. The number of nitrogens with zero attached hydrogens (tertiary/aromatic N) is 1. The zero-order valence-electron chi connectivity index (χ0n) is 9.22. The first kappa shape index (κ1) is 12.3. The van der Waals surface area contributed by atoms with E-state index >= 15 is 0 Å². The van der Waals surface area contributed by atoms with E-state index in [4.69, 9.17) is 0 Å². The van der Waals surface area contributed by atoms with Gasteiger partial charge in [0.2, 0.25) is 10.0 Å². The Morgan fingerprint density at radius 1 is 1.31 bits per heavy atom. The molecule has 1 saturated heterocycles. The molecule has 1 aliphatic heterocycles. The molecule has 1 aliphatic rings. The Hall–Kier alpha value is -0.140. The summed E-state index contributed by atoms with van der Waals surface area (Å²) >= 11 is 2.23. The van der Waals surface area contributed by atoms with E-state index in [1.165, 1.54) is 0 Å². The summed E-state index contributed by atoms with van der Waals surface area (Å²) in [5.74, 6) is 0. The number of aryl methyl sites for hydroxylation is 1. The fourth-order valence-corrected chi connectivity index (χ4v) is 5.09. The average molecular weight is 351 g/mol. The van der Waals surface area contributed by atoms with Crippen molar-refractivity contribution in [2.24, 2.45) is 0 Å². The minimum atomic E-state index is -3.26. The van der Waals surface area contributed by atoms with E-state index in [2.05, 4.69) is 22.6 Å². The molecule has 2 rings (SSSR count). The maximum atomic E-state index is 12.2. The Morgan fingerprint density at radius 3 is 2.31 bits per heavy atom. The molecule has 0 radical (unpaired) electrons. The van der Waals surface area contributed by atoms with Gasteiger partial charge >= 0.3 is 0 Å². The molecule has 1 aromatic carbocycles. The van der Waals surface area contributed by atoms with Gasteiger partial charge in [0.05, 0.1) is 10.9 Å². The van der Waals surface area contributed by atoms with Gasteiger partial charge in [-0.15, -0.1) is 0 Å². The number of hydrogen-bond donors (Lipinski definition) is 0. The van der Waals surface area contributed by atoms with Crippen molar-refractivity contribution < 1.29 is 8.42 Å². The summed E-state index contributed by atoms with van der Waals surface area (Å²) in [6, 6.07) is 7.34. The predicted molar refractivity (Wildman–Crippen MR) is 72.3 cm³/mol. The highest BCUT2D eigenvalue weighted by Gasteiger charge is 2.51. The molecule has 16 heavy (non-hydrogen) atoms. The number of alkyl halides is 1. The molecule has 3 atom stereocenters. The van der Waals surface area contributed by atoms with Crippen molar-refractivity contribution in [3.8, 4) is 0 Å². The van der Waals surface area contributed by atoms with Crippen molar-refractivity contribution in [2.45, 2.75) is 30.8 Å². The van der Waals surface area contributed by atoms with E-state index in [0.717, 1.165) is 9.99 Å². The van der Waals surface area contributed by atoms with Gasteiger partial charge in [0.1, 0.15) is 0 Å². The van der Waals surface area contributed by atoms with Crippen molar-refractivity contribution in [1.82, 2.24) is 4.31 Å². The fraction of sp³-hybridized carbons (Fsp3) is 0.455. The lowest BCUT2D eigenvalue weighted by molar-refractivity contribution is 0.550. The molecule has 1 unspecified atom stereocenters. The SMILES string of the molecule is Cc1ccc(S(=O)(=O)N2[C@H](CI)[C@@H]2C)cc1. The second-order valence-electron chi connectivity index (χ2n) is 4.11. The molecule has 0 spiro atoms. The molecule has 1 heterocycles. The Balaban J connectivity index is 2.31. The van der Waals surface area contributed by atoms with Crippen molar-refractivity contribution in [1.29, 1.82) is 0 Å². The fourth-order valence-electron chi connectivity index (χ4n) is 1.81. The number of benzene rings is 1. The van der Waals surface area contributed by atoms with E-state index in [-0.39, 0.29) is 12.1 Å². The first-order valence-electron chi connectivity index (χ1n) is 5.14. The van der Waals surface area contributed by atoms with E-state index in [1.54, 1.807) is 16.4 Å². The van der Waals surface area contributed by atoms with E-state index in [0.29, 0.717) is 4.90 Å². The van der Waals surface area contributed by atoms with Crippen molar-refractivity contribution in [3.63, 3.8) is 0 Å².